The number of hydrogen-bond donors (Lipinski definition) is 0. The first kappa shape index (κ1) is 28.9. The maximum Gasteiger partial charge on any atom is 0.232 e. The van der Waals surface area contributed by atoms with E-state index < -0.39 is 0 Å². The summed E-state index contributed by atoms with van der Waals surface area (Å²) in [4.78, 5) is 26.0. The largest absolute Gasteiger partial charge is 0.496 e. The van der Waals surface area contributed by atoms with Gasteiger partial charge in [0.25, 0.3) is 0 Å². The number of amides is 1. The van der Waals surface area contributed by atoms with Crippen LogP contribution in [0.25, 0.3) is 11.3 Å². The number of aryl methyl sites for hydroxylation is 1. The second kappa shape index (κ2) is 11.1. The Hall–Kier alpha value is -3.22. The lowest BCUT2D eigenvalue weighted by Crippen LogP contribution is -2.52. The minimum absolute atomic E-state index is 0.0691. The van der Waals surface area contributed by atoms with Gasteiger partial charge in [-0.05, 0) is 113 Å². The van der Waals surface area contributed by atoms with Gasteiger partial charge in [-0.15, -0.1) is 0 Å². The molecule has 224 valence electrons. The maximum absolute atomic E-state index is 14.2. The Bertz CT molecular complexity index is 1410. The summed E-state index contributed by atoms with van der Waals surface area (Å²) in [5.41, 5.74) is 4.67. The number of nitrogens with zero attached hydrogens (tertiary/aromatic N) is 5. The normalized spacial score (nSPS) is 24.5. The third kappa shape index (κ3) is 5.47. The van der Waals surface area contributed by atoms with Crippen molar-refractivity contribution in [3.63, 3.8) is 0 Å². The molecule has 4 fully saturated rings. The van der Waals surface area contributed by atoms with Gasteiger partial charge in [0.05, 0.1) is 24.5 Å². The maximum atomic E-state index is 14.2. The van der Waals surface area contributed by atoms with Crippen molar-refractivity contribution in [2.75, 3.05) is 18.6 Å². The Morgan fingerprint density at radius 1 is 1.05 bits per heavy atom. The summed E-state index contributed by atoms with van der Waals surface area (Å²) in [6.07, 6.45) is 18.0. The quantitative estimate of drug-likeness (QED) is 0.293. The van der Waals surface area contributed by atoms with E-state index in [0.29, 0.717) is 12.5 Å². The van der Waals surface area contributed by atoms with Crippen LogP contribution >= 0.6 is 0 Å². The third-order valence-corrected chi connectivity index (χ3v) is 10.6. The molecule has 0 spiro atoms. The van der Waals surface area contributed by atoms with Crippen LogP contribution < -0.4 is 9.64 Å². The van der Waals surface area contributed by atoms with Gasteiger partial charge in [-0.2, -0.15) is 5.10 Å². The van der Waals surface area contributed by atoms with Crippen LogP contribution in [-0.2, 0) is 15.7 Å². The third-order valence-electron chi connectivity index (χ3n) is 10.6. The molecule has 4 aliphatic rings. The van der Waals surface area contributed by atoms with Crippen molar-refractivity contribution in [2.24, 2.45) is 11.3 Å². The van der Waals surface area contributed by atoms with E-state index in [1.807, 2.05) is 34.2 Å². The van der Waals surface area contributed by atoms with Crippen LogP contribution in [-0.4, -0.2) is 39.3 Å². The molecule has 0 saturated heterocycles. The van der Waals surface area contributed by atoms with E-state index >= 15 is 0 Å². The van der Waals surface area contributed by atoms with E-state index in [4.69, 9.17) is 14.7 Å². The van der Waals surface area contributed by atoms with Crippen molar-refractivity contribution in [3.05, 3.63) is 54.0 Å². The summed E-state index contributed by atoms with van der Waals surface area (Å²) in [6, 6.07) is 8.69. The van der Waals surface area contributed by atoms with Gasteiger partial charge >= 0.3 is 0 Å². The highest BCUT2D eigenvalue weighted by Crippen LogP contribution is 2.58. The van der Waals surface area contributed by atoms with Crippen molar-refractivity contribution >= 4 is 11.9 Å². The number of carbonyl (C=O) groups excluding carboxylic acids is 1. The zero-order valence-corrected chi connectivity index (χ0v) is 26.2. The molecule has 7 heteroatoms. The molecule has 42 heavy (non-hydrogen) atoms. The lowest BCUT2D eigenvalue weighted by Gasteiger charge is -2.55. The Labute approximate surface area is 251 Å². The van der Waals surface area contributed by atoms with Gasteiger partial charge in [-0.25, -0.2) is 9.97 Å². The molecule has 1 amide bonds. The molecule has 0 atom stereocenters. The molecule has 7 rings (SSSR count). The number of anilines is 1. The Morgan fingerprint density at radius 3 is 2.38 bits per heavy atom. The van der Waals surface area contributed by atoms with Gasteiger partial charge in [-0.1, -0.05) is 31.4 Å². The molecule has 0 unspecified atom stereocenters. The number of hydrogen-bond acceptors (Lipinski definition) is 5. The number of methoxy groups -OCH3 is 1. The molecular formula is C35H47N5O2. The fraction of sp³-hybridized carbons (Fsp3) is 0.600. The van der Waals surface area contributed by atoms with Crippen LogP contribution in [0, 0.1) is 18.3 Å². The summed E-state index contributed by atoms with van der Waals surface area (Å²) in [5.74, 6) is 1.80. The molecule has 4 aliphatic carbocycles. The van der Waals surface area contributed by atoms with E-state index in [1.165, 1.54) is 17.5 Å². The van der Waals surface area contributed by atoms with Crippen molar-refractivity contribution in [3.8, 4) is 17.0 Å². The molecule has 3 aromatic rings. The minimum Gasteiger partial charge on any atom is -0.496 e. The van der Waals surface area contributed by atoms with Crippen LogP contribution in [0.4, 0.5) is 5.95 Å². The molecule has 0 N–H and O–H groups in total. The van der Waals surface area contributed by atoms with Crippen LogP contribution in [0.15, 0.2) is 42.9 Å². The molecule has 0 aliphatic heterocycles. The SMILES string of the molecule is COc1ccc(C23CCC(CN(C(=O)C4CCCCC4)c4nccc(-c5cnn(C(C)(C)C)c5)n4)(CC2)CC3)cc1C. The lowest BCUT2D eigenvalue weighted by atomic mass is 9.51. The number of benzene rings is 1. The zero-order valence-electron chi connectivity index (χ0n) is 26.2. The van der Waals surface area contributed by atoms with Crippen LogP contribution in [0.5, 0.6) is 5.75 Å². The second-order valence-electron chi connectivity index (χ2n) is 14.3. The highest BCUT2D eigenvalue weighted by molar-refractivity contribution is 5.93. The first-order valence-corrected chi connectivity index (χ1v) is 16.0. The molecular weight excluding hydrogens is 522 g/mol. The molecule has 4 saturated carbocycles. The Kier molecular flexibility index (Phi) is 7.65. The van der Waals surface area contributed by atoms with E-state index in [9.17, 15) is 4.79 Å². The smallest absolute Gasteiger partial charge is 0.232 e. The first-order chi connectivity index (χ1) is 20.1. The van der Waals surface area contributed by atoms with Crippen LogP contribution in [0.1, 0.15) is 103 Å². The molecule has 1 aromatic carbocycles. The van der Waals surface area contributed by atoms with E-state index in [1.54, 1.807) is 7.11 Å². The molecule has 2 bridgehead atoms. The van der Waals surface area contributed by atoms with Gasteiger partial charge in [0.2, 0.25) is 11.9 Å². The molecule has 2 aromatic heterocycles. The first-order valence-electron chi connectivity index (χ1n) is 16.0. The number of ether oxygens (including phenoxy) is 1. The number of carbonyl (C=O) groups is 1. The molecule has 7 nitrogen and oxygen atoms in total. The predicted octanol–water partition coefficient (Wildman–Crippen LogP) is 7.62. The van der Waals surface area contributed by atoms with Gasteiger partial charge in [0, 0.05) is 30.4 Å². The summed E-state index contributed by atoms with van der Waals surface area (Å²) in [6.45, 7) is 9.27. The van der Waals surface area contributed by atoms with Gasteiger partial charge < -0.3 is 4.74 Å². The number of rotatable bonds is 7. The van der Waals surface area contributed by atoms with Crippen molar-refractivity contribution < 1.29 is 9.53 Å². The summed E-state index contributed by atoms with van der Waals surface area (Å²) < 4.78 is 7.50. The van der Waals surface area contributed by atoms with Gasteiger partial charge in [0.1, 0.15) is 5.75 Å². The highest BCUT2D eigenvalue weighted by Gasteiger charge is 2.51. The predicted molar refractivity (Wildman–Crippen MR) is 167 cm³/mol. The van der Waals surface area contributed by atoms with E-state index in [-0.39, 0.29) is 28.2 Å². The fourth-order valence-electron chi connectivity index (χ4n) is 7.76. The lowest BCUT2D eigenvalue weighted by molar-refractivity contribution is -0.124. The zero-order chi connectivity index (χ0) is 29.5. The van der Waals surface area contributed by atoms with Crippen molar-refractivity contribution in [2.45, 2.75) is 109 Å². The molecule has 2 heterocycles. The Balaban J connectivity index is 1.27. The average Bonchev–Trinajstić information content (AvgIpc) is 3.53. The van der Waals surface area contributed by atoms with Crippen molar-refractivity contribution in [1.82, 2.24) is 19.7 Å². The highest BCUT2D eigenvalue weighted by atomic mass is 16.5. The summed E-state index contributed by atoms with van der Waals surface area (Å²) >= 11 is 0. The minimum atomic E-state index is -0.113. The van der Waals surface area contributed by atoms with E-state index in [2.05, 4.69) is 51.0 Å². The second-order valence-corrected chi connectivity index (χ2v) is 14.3. The number of aromatic nitrogens is 4. The van der Waals surface area contributed by atoms with Crippen molar-refractivity contribution in [1.29, 1.82) is 0 Å². The van der Waals surface area contributed by atoms with Gasteiger partial charge in [0.15, 0.2) is 0 Å². The number of fused-ring (bicyclic) bond motifs is 3. The topological polar surface area (TPSA) is 73.1 Å². The van der Waals surface area contributed by atoms with Crippen LogP contribution in [0.3, 0.4) is 0 Å². The van der Waals surface area contributed by atoms with E-state index in [0.717, 1.165) is 81.2 Å². The van der Waals surface area contributed by atoms with Gasteiger partial charge in [-0.3, -0.25) is 14.4 Å². The Morgan fingerprint density at radius 2 is 1.76 bits per heavy atom. The average molecular weight is 570 g/mol. The summed E-state index contributed by atoms with van der Waals surface area (Å²) in [5, 5.41) is 4.59. The van der Waals surface area contributed by atoms with Crippen LogP contribution in [0.2, 0.25) is 0 Å². The monoisotopic (exact) mass is 569 g/mol. The fourth-order valence-corrected chi connectivity index (χ4v) is 7.76. The summed E-state index contributed by atoms with van der Waals surface area (Å²) in [7, 11) is 1.74. The molecule has 0 radical (unpaired) electrons. The standard InChI is InChI=1S/C35H47N5O2/c1-25-21-28(11-12-30(25)42-5)35-17-14-34(15-18-35,16-19-35)24-39(31(41)26-9-7-6-8-10-26)32-36-20-13-29(38-32)27-22-37-40(23-27)33(2,3)4/h11-13,20-23,26H,6-10,14-19,24H2,1-5H3.